The lowest BCUT2D eigenvalue weighted by Crippen LogP contribution is -2.51. The highest BCUT2D eigenvalue weighted by molar-refractivity contribution is 5.95. The molecule has 2 aliphatic rings. The Morgan fingerprint density at radius 3 is 2.69 bits per heavy atom. The maximum Gasteiger partial charge on any atom is 0.321 e. The molecule has 0 radical (unpaired) electrons. The average molecular weight is 361 g/mol. The topological polar surface area (TPSA) is 88.2 Å². The third kappa shape index (κ3) is 4.44. The quantitative estimate of drug-likeness (QED) is 0.734. The lowest BCUT2D eigenvalue weighted by molar-refractivity contribution is 0.0812. The number of nitrogens with zero attached hydrogens (tertiary/aromatic N) is 3. The average Bonchev–Trinajstić information content (AvgIpc) is 3.08. The summed E-state index contributed by atoms with van der Waals surface area (Å²) in [6.07, 6.45) is 0.437. The summed E-state index contributed by atoms with van der Waals surface area (Å²) < 4.78 is 0. The second kappa shape index (κ2) is 8.37. The zero-order valence-electron chi connectivity index (χ0n) is 15.1. The largest absolute Gasteiger partial charge is 0.392 e. The first kappa shape index (κ1) is 18.5. The number of rotatable bonds is 5. The molecule has 0 spiro atoms. The van der Waals surface area contributed by atoms with E-state index in [-0.39, 0.29) is 18.2 Å². The van der Waals surface area contributed by atoms with Crippen molar-refractivity contribution in [2.45, 2.75) is 19.4 Å². The third-order valence-electron chi connectivity index (χ3n) is 4.87. The minimum Gasteiger partial charge on any atom is -0.392 e. The van der Waals surface area contributed by atoms with Crippen LogP contribution in [0.4, 0.5) is 21.0 Å². The van der Waals surface area contributed by atoms with Crippen LogP contribution in [-0.2, 0) is 0 Å². The van der Waals surface area contributed by atoms with Crippen molar-refractivity contribution in [3.63, 3.8) is 0 Å². The molecule has 0 aromatic heterocycles. The molecule has 1 atom stereocenters. The van der Waals surface area contributed by atoms with Crippen molar-refractivity contribution >= 4 is 23.4 Å². The summed E-state index contributed by atoms with van der Waals surface area (Å²) in [5.41, 5.74) is 1.45. The van der Waals surface area contributed by atoms with Crippen LogP contribution < -0.4 is 15.5 Å². The first-order chi connectivity index (χ1) is 12.6. The second-order valence-corrected chi connectivity index (χ2v) is 6.71. The summed E-state index contributed by atoms with van der Waals surface area (Å²) in [7, 11) is 0. The molecule has 0 unspecified atom stereocenters. The number of carbonyl (C=O) groups is 2. The molecule has 3 N–H and O–H groups in total. The van der Waals surface area contributed by atoms with Gasteiger partial charge in [-0.25, -0.2) is 9.59 Å². The fraction of sp³-hybridized carbons (Fsp3) is 0.556. The van der Waals surface area contributed by atoms with Gasteiger partial charge in [0.15, 0.2) is 0 Å². The van der Waals surface area contributed by atoms with Crippen molar-refractivity contribution in [1.82, 2.24) is 15.1 Å². The number of urea groups is 2. The fourth-order valence-corrected chi connectivity index (χ4v) is 3.23. The molecule has 8 nitrogen and oxygen atoms in total. The van der Waals surface area contributed by atoms with E-state index in [1.54, 1.807) is 9.80 Å². The number of piperazine rings is 1. The Morgan fingerprint density at radius 1 is 1.27 bits per heavy atom. The van der Waals surface area contributed by atoms with Crippen LogP contribution in [0.5, 0.6) is 0 Å². The minimum absolute atomic E-state index is 0.112. The molecule has 26 heavy (non-hydrogen) atoms. The lowest BCUT2D eigenvalue weighted by atomic mass is 10.2. The highest BCUT2D eigenvalue weighted by atomic mass is 16.3. The highest BCUT2D eigenvalue weighted by Gasteiger charge is 2.23. The van der Waals surface area contributed by atoms with Crippen molar-refractivity contribution in [3.8, 4) is 0 Å². The molecule has 1 aromatic carbocycles. The Kier molecular flexibility index (Phi) is 5.95. The van der Waals surface area contributed by atoms with Gasteiger partial charge in [-0.2, -0.15) is 0 Å². The molecular formula is C18H27N5O3. The number of hydrogen-bond donors (Lipinski definition) is 3. The SMILES string of the molecule is CC[C@@H](O)CN1CCN(C(=O)Nc2cccc(N3CCNC3=O)c2)CC1. The van der Waals surface area contributed by atoms with E-state index in [2.05, 4.69) is 15.5 Å². The van der Waals surface area contributed by atoms with Gasteiger partial charge in [0.1, 0.15) is 0 Å². The minimum atomic E-state index is -0.305. The second-order valence-electron chi connectivity index (χ2n) is 6.71. The van der Waals surface area contributed by atoms with E-state index in [9.17, 15) is 14.7 Å². The van der Waals surface area contributed by atoms with Crippen molar-refractivity contribution in [1.29, 1.82) is 0 Å². The third-order valence-corrected chi connectivity index (χ3v) is 4.87. The normalized spacial score (nSPS) is 19.4. The van der Waals surface area contributed by atoms with Crippen LogP contribution >= 0.6 is 0 Å². The molecular weight excluding hydrogens is 334 g/mol. The fourth-order valence-electron chi connectivity index (χ4n) is 3.23. The number of amides is 4. The van der Waals surface area contributed by atoms with E-state index in [0.29, 0.717) is 38.4 Å². The summed E-state index contributed by atoms with van der Waals surface area (Å²) in [6.45, 7) is 6.68. The summed E-state index contributed by atoms with van der Waals surface area (Å²) in [6, 6.07) is 7.08. The molecule has 2 fully saturated rings. The summed E-state index contributed by atoms with van der Waals surface area (Å²) in [5, 5.41) is 15.4. The number of anilines is 2. The van der Waals surface area contributed by atoms with Gasteiger partial charge in [-0.1, -0.05) is 13.0 Å². The Labute approximate surface area is 153 Å². The number of carbonyl (C=O) groups excluding carboxylic acids is 2. The zero-order chi connectivity index (χ0) is 18.5. The van der Waals surface area contributed by atoms with Crippen LogP contribution in [-0.4, -0.2) is 78.9 Å². The molecule has 4 amide bonds. The lowest BCUT2D eigenvalue weighted by Gasteiger charge is -2.35. The maximum atomic E-state index is 12.5. The van der Waals surface area contributed by atoms with Crippen LogP contribution in [0.15, 0.2) is 24.3 Å². The first-order valence-corrected chi connectivity index (χ1v) is 9.18. The van der Waals surface area contributed by atoms with Gasteiger partial charge in [0, 0.05) is 57.2 Å². The van der Waals surface area contributed by atoms with Gasteiger partial charge in [0.25, 0.3) is 0 Å². The first-order valence-electron chi connectivity index (χ1n) is 9.18. The Hall–Kier alpha value is -2.32. The number of aliphatic hydroxyl groups is 1. The molecule has 0 saturated carbocycles. The van der Waals surface area contributed by atoms with Gasteiger partial charge in [-0.15, -0.1) is 0 Å². The Bertz CT molecular complexity index is 645. The van der Waals surface area contributed by atoms with Crippen molar-refractivity contribution in [2.75, 3.05) is 56.0 Å². The molecule has 2 aliphatic heterocycles. The van der Waals surface area contributed by atoms with E-state index in [1.807, 2.05) is 31.2 Å². The highest BCUT2D eigenvalue weighted by Crippen LogP contribution is 2.21. The van der Waals surface area contributed by atoms with Gasteiger partial charge in [-0.3, -0.25) is 9.80 Å². The summed E-state index contributed by atoms with van der Waals surface area (Å²) in [5.74, 6) is 0. The molecule has 142 valence electrons. The molecule has 2 heterocycles. The van der Waals surface area contributed by atoms with Crippen LogP contribution in [0.2, 0.25) is 0 Å². The number of aliphatic hydroxyl groups excluding tert-OH is 1. The van der Waals surface area contributed by atoms with Crippen molar-refractivity contribution < 1.29 is 14.7 Å². The van der Waals surface area contributed by atoms with Crippen molar-refractivity contribution in [2.24, 2.45) is 0 Å². The Morgan fingerprint density at radius 2 is 2.04 bits per heavy atom. The van der Waals surface area contributed by atoms with Crippen LogP contribution in [0.3, 0.4) is 0 Å². The van der Waals surface area contributed by atoms with E-state index in [1.165, 1.54) is 0 Å². The number of β-amino-alcohol motifs (C(OH)–C–C–N with tert-alkyl or cyclic N) is 1. The van der Waals surface area contributed by atoms with Gasteiger partial charge in [0.05, 0.1) is 6.10 Å². The molecule has 8 heteroatoms. The number of hydrogen-bond acceptors (Lipinski definition) is 4. The Balaban J connectivity index is 1.53. The van der Waals surface area contributed by atoms with E-state index in [4.69, 9.17) is 0 Å². The zero-order valence-corrected chi connectivity index (χ0v) is 15.1. The van der Waals surface area contributed by atoms with E-state index < -0.39 is 0 Å². The molecule has 0 aliphatic carbocycles. The van der Waals surface area contributed by atoms with Gasteiger partial charge in [0.2, 0.25) is 0 Å². The molecule has 3 rings (SSSR count). The number of benzene rings is 1. The van der Waals surface area contributed by atoms with Gasteiger partial charge in [-0.05, 0) is 24.6 Å². The van der Waals surface area contributed by atoms with E-state index >= 15 is 0 Å². The smallest absolute Gasteiger partial charge is 0.321 e. The van der Waals surface area contributed by atoms with Crippen LogP contribution in [0.25, 0.3) is 0 Å². The van der Waals surface area contributed by atoms with Crippen molar-refractivity contribution in [3.05, 3.63) is 24.3 Å². The van der Waals surface area contributed by atoms with Crippen LogP contribution in [0, 0.1) is 0 Å². The molecule has 1 aromatic rings. The summed E-state index contributed by atoms with van der Waals surface area (Å²) >= 11 is 0. The van der Waals surface area contributed by atoms with E-state index in [0.717, 1.165) is 25.2 Å². The number of nitrogens with one attached hydrogen (secondary N) is 2. The van der Waals surface area contributed by atoms with Crippen LogP contribution in [0.1, 0.15) is 13.3 Å². The monoisotopic (exact) mass is 361 g/mol. The predicted octanol–water partition coefficient (Wildman–Crippen LogP) is 1.14. The standard InChI is InChI=1S/C18H27N5O3/c1-2-16(24)13-21-8-10-22(11-9-21)18(26)20-14-4-3-5-15(12-14)23-7-6-19-17(23)25/h3-5,12,16,24H,2,6-11,13H2,1H3,(H,19,25)(H,20,26)/t16-/m1/s1. The molecule has 2 saturated heterocycles. The van der Waals surface area contributed by atoms with Gasteiger partial charge < -0.3 is 20.6 Å². The van der Waals surface area contributed by atoms with Gasteiger partial charge >= 0.3 is 12.1 Å². The maximum absolute atomic E-state index is 12.5. The summed E-state index contributed by atoms with van der Waals surface area (Å²) in [4.78, 5) is 29.9. The molecule has 0 bridgehead atoms. The predicted molar refractivity (Wildman–Crippen MR) is 101 cm³/mol.